The zero-order valence-electron chi connectivity index (χ0n) is 11.6. The Morgan fingerprint density at radius 3 is 2.42 bits per heavy atom. The molecule has 1 aromatic carbocycles. The number of carbonyl (C=O) groups is 1. The Bertz CT molecular complexity index is 379. The molecular weight excluding hydrogens is 244 g/mol. The summed E-state index contributed by atoms with van der Waals surface area (Å²) in [4.78, 5) is 13.4. The smallest absolute Gasteiger partial charge is 0.252 e. The highest BCUT2D eigenvalue weighted by Gasteiger charge is 2.10. The van der Waals surface area contributed by atoms with Crippen LogP contribution in [0.5, 0.6) is 0 Å². The molecule has 0 unspecified atom stereocenters. The lowest BCUT2D eigenvalue weighted by Gasteiger charge is -2.17. The fourth-order valence-corrected chi connectivity index (χ4v) is 1.46. The molecule has 0 aliphatic heterocycles. The molecule has 19 heavy (non-hydrogen) atoms. The Kier molecular flexibility index (Phi) is 6.92. The summed E-state index contributed by atoms with van der Waals surface area (Å²) < 4.78 is 10.5. The highest BCUT2D eigenvalue weighted by molar-refractivity contribution is 5.93. The number of rotatable bonds is 8. The van der Waals surface area contributed by atoms with Crippen molar-refractivity contribution in [1.82, 2.24) is 0 Å². The van der Waals surface area contributed by atoms with Gasteiger partial charge in [0.25, 0.3) is 5.91 Å². The van der Waals surface area contributed by atoms with Crippen LogP contribution in [0.3, 0.4) is 0 Å². The van der Waals surface area contributed by atoms with Gasteiger partial charge in [-0.25, -0.2) is 0 Å². The number of ether oxygens (including phenoxy) is 2. The van der Waals surface area contributed by atoms with Crippen molar-refractivity contribution >= 4 is 17.3 Å². The van der Waals surface area contributed by atoms with Crippen molar-refractivity contribution in [3.8, 4) is 0 Å². The van der Waals surface area contributed by atoms with E-state index < -0.39 is 0 Å². The maximum Gasteiger partial charge on any atom is 0.252 e. The van der Waals surface area contributed by atoms with Gasteiger partial charge in [-0.1, -0.05) is 6.92 Å². The minimum atomic E-state index is -0.0970. The van der Waals surface area contributed by atoms with Crippen LogP contribution in [-0.4, -0.2) is 39.4 Å². The first kappa shape index (κ1) is 15.5. The van der Waals surface area contributed by atoms with E-state index in [1.54, 1.807) is 36.2 Å². The van der Waals surface area contributed by atoms with Crippen molar-refractivity contribution in [1.29, 1.82) is 0 Å². The highest BCUT2D eigenvalue weighted by atomic mass is 16.5. The third kappa shape index (κ3) is 5.72. The Morgan fingerprint density at radius 1 is 1.16 bits per heavy atom. The average Bonchev–Trinajstić information content (AvgIpc) is 2.42. The molecule has 0 fully saturated rings. The molecule has 1 rings (SSSR count). The van der Waals surface area contributed by atoms with E-state index in [-0.39, 0.29) is 12.5 Å². The topological polar surface area (TPSA) is 64.8 Å². The molecule has 2 N–H and O–H groups in total. The fraction of sp³-hybridized carbons (Fsp3) is 0.500. The Labute approximate surface area is 114 Å². The van der Waals surface area contributed by atoms with E-state index in [1.807, 2.05) is 6.92 Å². The summed E-state index contributed by atoms with van der Waals surface area (Å²) in [5.41, 5.74) is 7.07. The van der Waals surface area contributed by atoms with Gasteiger partial charge in [0.05, 0.1) is 13.2 Å². The molecule has 1 amide bonds. The van der Waals surface area contributed by atoms with E-state index >= 15 is 0 Å². The number of hydrogen-bond donors (Lipinski definition) is 1. The molecule has 0 heterocycles. The number of anilines is 2. The van der Waals surface area contributed by atoms with Crippen molar-refractivity contribution in [2.75, 3.05) is 44.1 Å². The number of nitrogens with zero attached hydrogens (tertiary/aromatic N) is 1. The first-order valence-electron chi connectivity index (χ1n) is 6.42. The Morgan fingerprint density at radius 2 is 1.79 bits per heavy atom. The van der Waals surface area contributed by atoms with E-state index in [2.05, 4.69) is 0 Å². The first-order chi connectivity index (χ1) is 9.15. The second-order valence-corrected chi connectivity index (χ2v) is 4.21. The summed E-state index contributed by atoms with van der Waals surface area (Å²) in [5.74, 6) is -0.0970. The lowest BCUT2D eigenvalue weighted by molar-refractivity contribution is -0.123. The normalized spacial score (nSPS) is 10.4. The molecule has 0 aliphatic carbocycles. The molecule has 5 nitrogen and oxygen atoms in total. The van der Waals surface area contributed by atoms with Gasteiger partial charge in [0.1, 0.15) is 6.61 Å². The largest absolute Gasteiger partial charge is 0.399 e. The van der Waals surface area contributed by atoms with Gasteiger partial charge in [0.15, 0.2) is 0 Å². The van der Waals surface area contributed by atoms with Gasteiger partial charge >= 0.3 is 0 Å². The predicted octanol–water partition coefficient (Wildman–Crippen LogP) is 1.67. The van der Waals surface area contributed by atoms with Crippen LogP contribution in [0.4, 0.5) is 11.4 Å². The summed E-state index contributed by atoms with van der Waals surface area (Å²) in [6, 6.07) is 7.13. The quantitative estimate of drug-likeness (QED) is 0.574. The minimum Gasteiger partial charge on any atom is -0.399 e. The number of carbonyl (C=O) groups excluding carboxylic acids is 1. The number of likely N-dealkylation sites (N-methyl/N-ethyl adjacent to an activating group) is 1. The first-order valence-corrected chi connectivity index (χ1v) is 6.42. The number of nitrogens with two attached hydrogens (primary N) is 1. The fourth-order valence-electron chi connectivity index (χ4n) is 1.46. The van der Waals surface area contributed by atoms with Gasteiger partial charge in [-0.15, -0.1) is 0 Å². The molecule has 0 spiro atoms. The molecule has 0 radical (unpaired) electrons. The molecule has 0 bridgehead atoms. The minimum absolute atomic E-state index is 0.0519. The third-order valence-corrected chi connectivity index (χ3v) is 2.60. The maximum atomic E-state index is 11.8. The summed E-state index contributed by atoms with van der Waals surface area (Å²) in [5, 5.41) is 0. The summed E-state index contributed by atoms with van der Waals surface area (Å²) >= 11 is 0. The van der Waals surface area contributed by atoms with Gasteiger partial charge in [0, 0.05) is 25.0 Å². The summed E-state index contributed by atoms with van der Waals surface area (Å²) in [7, 11) is 1.71. The Balaban J connectivity index is 2.27. The average molecular weight is 266 g/mol. The lowest BCUT2D eigenvalue weighted by Crippen LogP contribution is -2.30. The van der Waals surface area contributed by atoms with E-state index in [9.17, 15) is 4.79 Å². The summed E-state index contributed by atoms with van der Waals surface area (Å²) in [6.45, 7) is 3.78. The number of benzene rings is 1. The van der Waals surface area contributed by atoms with Gasteiger partial charge in [-0.2, -0.15) is 0 Å². The van der Waals surface area contributed by atoms with Gasteiger partial charge in [-0.05, 0) is 30.7 Å². The Hall–Kier alpha value is -1.59. The molecular formula is C14H22N2O3. The van der Waals surface area contributed by atoms with Crippen molar-refractivity contribution in [2.24, 2.45) is 0 Å². The van der Waals surface area contributed by atoms with Gasteiger partial charge < -0.3 is 20.1 Å². The number of hydrogen-bond acceptors (Lipinski definition) is 4. The molecule has 0 saturated carbocycles. The van der Waals surface area contributed by atoms with Crippen LogP contribution in [0.1, 0.15) is 13.3 Å². The van der Waals surface area contributed by atoms with Crippen LogP contribution in [0.15, 0.2) is 24.3 Å². The summed E-state index contributed by atoms with van der Waals surface area (Å²) in [6.07, 6.45) is 0.985. The molecule has 0 aliphatic rings. The van der Waals surface area contributed by atoms with Gasteiger partial charge in [0.2, 0.25) is 0 Å². The molecule has 106 valence electrons. The van der Waals surface area contributed by atoms with E-state index in [0.29, 0.717) is 18.9 Å². The standard InChI is InChI=1S/C14H22N2O3/c1-3-8-18-9-10-19-11-14(17)16(2)13-6-4-12(15)5-7-13/h4-7H,3,8-11,15H2,1-2H3. The second-order valence-electron chi connectivity index (χ2n) is 4.21. The third-order valence-electron chi connectivity index (χ3n) is 2.60. The monoisotopic (exact) mass is 266 g/mol. The number of amides is 1. The zero-order chi connectivity index (χ0) is 14.1. The molecule has 0 atom stereocenters. The van der Waals surface area contributed by atoms with Crippen LogP contribution in [0, 0.1) is 0 Å². The van der Waals surface area contributed by atoms with Crippen LogP contribution >= 0.6 is 0 Å². The molecule has 1 aromatic rings. The van der Waals surface area contributed by atoms with Gasteiger partial charge in [-0.3, -0.25) is 4.79 Å². The van der Waals surface area contributed by atoms with Crippen molar-refractivity contribution in [3.05, 3.63) is 24.3 Å². The lowest BCUT2D eigenvalue weighted by atomic mass is 10.2. The van der Waals surface area contributed by atoms with Crippen LogP contribution in [-0.2, 0) is 14.3 Å². The molecule has 0 saturated heterocycles. The SMILES string of the molecule is CCCOCCOCC(=O)N(C)c1ccc(N)cc1. The van der Waals surface area contributed by atoms with Crippen molar-refractivity contribution in [2.45, 2.75) is 13.3 Å². The maximum absolute atomic E-state index is 11.8. The zero-order valence-corrected chi connectivity index (χ0v) is 11.6. The predicted molar refractivity (Wildman–Crippen MR) is 76.2 cm³/mol. The molecule has 0 aromatic heterocycles. The second kappa shape index (κ2) is 8.50. The number of nitrogen functional groups attached to an aromatic ring is 1. The van der Waals surface area contributed by atoms with E-state index in [1.165, 1.54) is 0 Å². The van der Waals surface area contributed by atoms with Crippen LogP contribution in [0.25, 0.3) is 0 Å². The van der Waals surface area contributed by atoms with E-state index in [4.69, 9.17) is 15.2 Å². The van der Waals surface area contributed by atoms with E-state index in [0.717, 1.165) is 18.7 Å². The van der Waals surface area contributed by atoms with Crippen molar-refractivity contribution in [3.63, 3.8) is 0 Å². The van der Waals surface area contributed by atoms with Crippen molar-refractivity contribution < 1.29 is 14.3 Å². The van der Waals surface area contributed by atoms with Crippen LogP contribution in [0.2, 0.25) is 0 Å². The van der Waals surface area contributed by atoms with Crippen LogP contribution < -0.4 is 10.6 Å². The molecule has 5 heteroatoms. The highest BCUT2D eigenvalue weighted by Crippen LogP contribution is 2.14.